The number of alkyl halides is 2. The molecule has 0 fully saturated rings. The van der Waals surface area contributed by atoms with Crippen LogP contribution in [0, 0.1) is 0 Å². The summed E-state index contributed by atoms with van der Waals surface area (Å²) < 4.78 is 27.2. The number of carbonyl (C=O) groups excluding carboxylic acids is 1. The van der Waals surface area contributed by atoms with E-state index in [1.165, 1.54) is 0 Å². The van der Waals surface area contributed by atoms with Crippen molar-refractivity contribution in [2.24, 2.45) is 0 Å². The van der Waals surface area contributed by atoms with E-state index in [1.807, 2.05) is 0 Å². The lowest BCUT2D eigenvalue weighted by atomic mass is 10.4. The number of halogens is 2. The van der Waals surface area contributed by atoms with Crippen molar-refractivity contribution in [1.29, 1.82) is 0 Å². The smallest absolute Gasteiger partial charge is 0.305 e. The lowest BCUT2D eigenvalue weighted by Gasteiger charge is -2.00. The Balaban J connectivity index is 3.12. The summed E-state index contributed by atoms with van der Waals surface area (Å²) in [5.41, 5.74) is 0. The monoisotopic (exact) mass is 152 g/mol. The van der Waals surface area contributed by atoms with Gasteiger partial charge in [0.15, 0.2) is 0 Å². The van der Waals surface area contributed by atoms with E-state index in [0.29, 0.717) is 0 Å². The summed E-state index contributed by atoms with van der Waals surface area (Å²) in [4.78, 5) is 10.3. The molecule has 0 aliphatic heterocycles. The second kappa shape index (κ2) is 5.14. The maximum atomic E-state index is 11.4. The molecule has 0 aromatic rings. The Hall–Kier alpha value is -0.670. The number of hydrogen-bond donors (Lipinski definition) is 0. The van der Waals surface area contributed by atoms with Gasteiger partial charge in [-0.25, -0.2) is 8.78 Å². The fraction of sp³-hybridized carbons (Fsp3) is 0.833. The van der Waals surface area contributed by atoms with Crippen LogP contribution in [0.4, 0.5) is 8.78 Å². The lowest BCUT2D eigenvalue weighted by Crippen LogP contribution is -2.06. The average Bonchev–Trinajstić information content (AvgIpc) is 1.87. The van der Waals surface area contributed by atoms with E-state index in [4.69, 9.17) is 0 Å². The van der Waals surface area contributed by atoms with E-state index in [2.05, 4.69) is 4.74 Å². The van der Waals surface area contributed by atoms with E-state index in [1.54, 1.807) is 6.92 Å². The molecule has 0 heterocycles. The Morgan fingerprint density at radius 1 is 1.60 bits per heavy atom. The summed E-state index contributed by atoms with van der Waals surface area (Å²) >= 11 is 0. The Morgan fingerprint density at radius 2 is 2.20 bits per heavy atom. The molecular weight excluding hydrogens is 142 g/mol. The molecule has 0 aromatic carbocycles. The number of esters is 1. The predicted octanol–water partition coefficient (Wildman–Crippen LogP) is 1.59. The SMILES string of the molecule is CCC(=O)OCCC(F)F. The van der Waals surface area contributed by atoms with Gasteiger partial charge in [-0.05, 0) is 0 Å². The first-order chi connectivity index (χ1) is 4.66. The van der Waals surface area contributed by atoms with E-state index in [-0.39, 0.29) is 19.4 Å². The Bertz CT molecular complexity index is 104. The zero-order chi connectivity index (χ0) is 7.98. The van der Waals surface area contributed by atoms with Gasteiger partial charge in [0, 0.05) is 12.8 Å². The van der Waals surface area contributed by atoms with Gasteiger partial charge in [0.05, 0.1) is 6.61 Å². The lowest BCUT2D eigenvalue weighted by molar-refractivity contribution is -0.144. The first-order valence-electron chi connectivity index (χ1n) is 3.10. The van der Waals surface area contributed by atoms with Gasteiger partial charge in [-0.1, -0.05) is 6.92 Å². The Kier molecular flexibility index (Phi) is 4.80. The molecular formula is C6H10F2O2. The fourth-order valence-electron chi connectivity index (χ4n) is 0.364. The molecule has 0 atom stereocenters. The predicted molar refractivity (Wildman–Crippen MR) is 31.9 cm³/mol. The van der Waals surface area contributed by atoms with Gasteiger partial charge in [-0.15, -0.1) is 0 Å². The van der Waals surface area contributed by atoms with E-state index < -0.39 is 12.4 Å². The van der Waals surface area contributed by atoms with Gasteiger partial charge < -0.3 is 4.74 Å². The second-order valence-electron chi connectivity index (χ2n) is 1.75. The Morgan fingerprint density at radius 3 is 2.60 bits per heavy atom. The summed E-state index contributed by atoms with van der Waals surface area (Å²) in [5.74, 6) is -0.430. The average molecular weight is 152 g/mol. The van der Waals surface area contributed by atoms with Crippen LogP contribution >= 0.6 is 0 Å². The van der Waals surface area contributed by atoms with Crippen LogP contribution in [0.15, 0.2) is 0 Å². The van der Waals surface area contributed by atoms with Crippen LogP contribution in [0.1, 0.15) is 19.8 Å². The molecule has 0 aliphatic carbocycles. The van der Waals surface area contributed by atoms with Crippen molar-refractivity contribution in [2.75, 3.05) is 6.61 Å². The molecule has 0 N–H and O–H groups in total. The molecule has 2 nitrogen and oxygen atoms in total. The van der Waals surface area contributed by atoms with Crippen LogP contribution in [0.25, 0.3) is 0 Å². The summed E-state index contributed by atoms with van der Waals surface area (Å²) in [6.45, 7) is 1.44. The molecule has 0 spiro atoms. The van der Waals surface area contributed by atoms with Gasteiger partial charge in [-0.2, -0.15) is 0 Å². The normalized spacial score (nSPS) is 10.0. The largest absolute Gasteiger partial charge is 0.465 e. The first-order valence-corrected chi connectivity index (χ1v) is 3.10. The highest BCUT2D eigenvalue weighted by atomic mass is 19.3. The molecule has 0 saturated carbocycles. The quantitative estimate of drug-likeness (QED) is 0.572. The maximum absolute atomic E-state index is 11.4. The minimum absolute atomic E-state index is 0.176. The topological polar surface area (TPSA) is 26.3 Å². The van der Waals surface area contributed by atoms with Crippen LogP contribution in [0.5, 0.6) is 0 Å². The molecule has 0 radical (unpaired) electrons. The van der Waals surface area contributed by atoms with Gasteiger partial charge >= 0.3 is 5.97 Å². The van der Waals surface area contributed by atoms with Crippen molar-refractivity contribution in [3.8, 4) is 0 Å². The van der Waals surface area contributed by atoms with Gasteiger partial charge in [-0.3, -0.25) is 4.79 Å². The molecule has 0 rings (SSSR count). The highest BCUT2D eigenvalue weighted by molar-refractivity contribution is 5.68. The number of rotatable bonds is 4. The number of hydrogen-bond acceptors (Lipinski definition) is 2. The number of ether oxygens (including phenoxy) is 1. The van der Waals surface area contributed by atoms with Crippen molar-refractivity contribution < 1.29 is 18.3 Å². The third kappa shape index (κ3) is 5.47. The van der Waals surface area contributed by atoms with E-state index >= 15 is 0 Å². The van der Waals surface area contributed by atoms with Crippen LogP contribution < -0.4 is 0 Å². The van der Waals surface area contributed by atoms with E-state index in [9.17, 15) is 13.6 Å². The minimum Gasteiger partial charge on any atom is -0.465 e. The van der Waals surface area contributed by atoms with Gasteiger partial charge in [0.2, 0.25) is 6.43 Å². The van der Waals surface area contributed by atoms with Gasteiger partial charge in [0.25, 0.3) is 0 Å². The molecule has 0 unspecified atom stereocenters. The minimum atomic E-state index is -2.38. The summed E-state index contributed by atoms with van der Waals surface area (Å²) in [5, 5.41) is 0. The summed E-state index contributed by atoms with van der Waals surface area (Å²) in [7, 11) is 0. The molecule has 10 heavy (non-hydrogen) atoms. The molecule has 0 amide bonds. The van der Waals surface area contributed by atoms with E-state index in [0.717, 1.165) is 0 Å². The maximum Gasteiger partial charge on any atom is 0.305 e. The third-order valence-electron chi connectivity index (χ3n) is 0.888. The summed E-state index contributed by atoms with van der Waals surface area (Å²) in [6.07, 6.45) is -2.51. The van der Waals surface area contributed by atoms with Crippen molar-refractivity contribution in [1.82, 2.24) is 0 Å². The fourth-order valence-corrected chi connectivity index (χ4v) is 0.364. The van der Waals surface area contributed by atoms with Crippen molar-refractivity contribution in [3.63, 3.8) is 0 Å². The van der Waals surface area contributed by atoms with Crippen LogP contribution in [0.2, 0.25) is 0 Å². The van der Waals surface area contributed by atoms with Crippen LogP contribution in [-0.4, -0.2) is 19.0 Å². The van der Waals surface area contributed by atoms with Crippen molar-refractivity contribution in [3.05, 3.63) is 0 Å². The molecule has 60 valence electrons. The number of carbonyl (C=O) groups is 1. The standard InChI is InChI=1S/C6H10F2O2/c1-2-6(9)10-4-3-5(7)8/h5H,2-4H2,1H3. The molecule has 0 aromatic heterocycles. The third-order valence-corrected chi connectivity index (χ3v) is 0.888. The van der Waals surface area contributed by atoms with Crippen LogP contribution in [0.3, 0.4) is 0 Å². The van der Waals surface area contributed by atoms with Gasteiger partial charge in [0.1, 0.15) is 0 Å². The second-order valence-corrected chi connectivity index (χ2v) is 1.75. The van der Waals surface area contributed by atoms with Crippen molar-refractivity contribution >= 4 is 5.97 Å². The van der Waals surface area contributed by atoms with Crippen LogP contribution in [-0.2, 0) is 9.53 Å². The molecule has 0 saturated heterocycles. The Labute approximate surface area is 58.2 Å². The molecule has 0 bridgehead atoms. The highest BCUT2D eigenvalue weighted by Crippen LogP contribution is 1.98. The highest BCUT2D eigenvalue weighted by Gasteiger charge is 2.03. The zero-order valence-corrected chi connectivity index (χ0v) is 5.77. The van der Waals surface area contributed by atoms with Crippen molar-refractivity contribution in [2.45, 2.75) is 26.2 Å². The molecule has 0 aliphatic rings. The molecule has 4 heteroatoms. The summed E-state index contributed by atoms with van der Waals surface area (Å²) in [6, 6.07) is 0. The first kappa shape index (κ1) is 9.33. The zero-order valence-electron chi connectivity index (χ0n) is 5.77.